The second-order valence-electron chi connectivity index (χ2n) is 6.74. The second-order valence-corrected chi connectivity index (χ2v) is 7.12. The van der Waals surface area contributed by atoms with Gasteiger partial charge in [-0.3, -0.25) is 4.68 Å². The fourth-order valence-corrected chi connectivity index (χ4v) is 3.93. The van der Waals surface area contributed by atoms with Gasteiger partial charge in [-0.2, -0.15) is 10.4 Å². The third-order valence-electron chi connectivity index (χ3n) is 4.93. The molecule has 26 heavy (non-hydrogen) atoms. The number of halogens is 1. The van der Waals surface area contributed by atoms with Gasteiger partial charge in [-0.1, -0.05) is 11.6 Å². The van der Waals surface area contributed by atoms with E-state index in [1.54, 1.807) is 10.9 Å². The Morgan fingerprint density at radius 1 is 1.38 bits per heavy atom. The van der Waals surface area contributed by atoms with Crippen LogP contribution in [-0.2, 0) is 13.6 Å². The Labute approximate surface area is 159 Å². The van der Waals surface area contributed by atoms with E-state index in [0.717, 1.165) is 49.8 Å². The van der Waals surface area contributed by atoms with E-state index in [2.05, 4.69) is 33.0 Å². The highest BCUT2D eigenvalue weighted by Gasteiger charge is 2.24. The molecule has 138 valence electrons. The highest BCUT2D eigenvalue weighted by molar-refractivity contribution is 6.33. The van der Waals surface area contributed by atoms with E-state index in [4.69, 9.17) is 22.6 Å². The minimum absolute atomic E-state index is 0.344. The summed E-state index contributed by atoms with van der Waals surface area (Å²) in [5.41, 5.74) is 7.02. The summed E-state index contributed by atoms with van der Waals surface area (Å²) in [6.07, 6.45) is 3.81. The number of hydrogen-bond acceptors (Lipinski definition) is 6. The first kappa shape index (κ1) is 18.5. The molecule has 1 fully saturated rings. The normalized spacial score (nSPS) is 15.1. The zero-order valence-corrected chi connectivity index (χ0v) is 15.9. The molecule has 1 saturated heterocycles. The molecule has 3 heterocycles. The van der Waals surface area contributed by atoms with Crippen LogP contribution in [0, 0.1) is 17.2 Å². The van der Waals surface area contributed by atoms with Crippen LogP contribution in [0.5, 0.6) is 0 Å². The Bertz CT molecular complexity index is 785. The van der Waals surface area contributed by atoms with Gasteiger partial charge in [-0.15, -0.1) is 0 Å². The maximum absolute atomic E-state index is 8.88. The van der Waals surface area contributed by atoms with E-state index in [-0.39, 0.29) is 0 Å². The standard InChI is InChI=1S/C18H24ClN7/c1-24(18-17(19)15(10-21)23-25(18)2)12-13-5-7-26(8-6-13)16-4-3-14(9-20)11-22-16/h3-4,11,13H,5-8,10,12,21H2,1-2H3. The van der Waals surface area contributed by atoms with Gasteiger partial charge < -0.3 is 15.5 Å². The van der Waals surface area contributed by atoms with E-state index < -0.39 is 0 Å². The molecule has 0 atom stereocenters. The number of nitrogens with zero attached hydrogens (tertiary/aromatic N) is 6. The number of aryl methyl sites for hydroxylation is 1. The lowest BCUT2D eigenvalue weighted by Gasteiger charge is -2.35. The van der Waals surface area contributed by atoms with Crippen LogP contribution >= 0.6 is 11.6 Å². The van der Waals surface area contributed by atoms with Crippen LogP contribution in [0.1, 0.15) is 24.1 Å². The first-order valence-electron chi connectivity index (χ1n) is 8.77. The molecule has 3 rings (SSSR count). The third kappa shape index (κ3) is 3.76. The van der Waals surface area contributed by atoms with Crippen molar-refractivity contribution in [2.45, 2.75) is 19.4 Å². The molecule has 2 N–H and O–H groups in total. The summed E-state index contributed by atoms with van der Waals surface area (Å²) in [6.45, 7) is 3.20. The van der Waals surface area contributed by atoms with Crippen molar-refractivity contribution in [1.82, 2.24) is 14.8 Å². The molecule has 7 nitrogen and oxygen atoms in total. The summed E-state index contributed by atoms with van der Waals surface area (Å²) in [6, 6.07) is 5.85. The zero-order valence-electron chi connectivity index (χ0n) is 15.2. The summed E-state index contributed by atoms with van der Waals surface area (Å²) in [5.74, 6) is 2.45. The smallest absolute Gasteiger partial charge is 0.145 e. The molecule has 0 radical (unpaired) electrons. The van der Waals surface area contributed by atoms with Crippen LogP contribution in [0.3, 0.4) is 0 Å². The van der Waals surface area contributed by atoms with E-state index in [1.165, 1.54) is 0 Å². The van der Waals surface area contributed by atoms with Crippen LogP contribution in [0.25, 0.3) is 0 Å². The molecule has 0 aliphatic carbocycles. The highest BCUT2D eigenvalue weighted by atomic mass is 35.5. The molecule has 1 aliphatic rings. The van der Waals surface area contributed by atoms with Gasteiger partial charge in [-0.05, 0) is 30.9 Å². The summed E-state index contributed by atoms with van der Waals surface area (Å²) in [5, 5.41) is 13.9. The number of aromatic nitrogens is 3. The topological polar surface area (TPSA) is 87.0 Å². The Hall–Kier alpha value is -2.30. The molecule has 8 heteroatoms. The van der Waals surface area contributed by atoms with Crippen molar-refractivity contribution in [3.63, 3.8) is 0 Å². The predicted molar refractivity (Wildman–Crippen MR) is 103 cm³/mol. The maximum Gasteiger partial charge on any atom is 0.145 e. The predicted octanol–water partition coefficient (Wildman–Crippen LogP) is 2.15. The largest absolute Gasteiger partial charge is 0.358 e. The Morgan fingerprint density at radius 3 is 2.65 bits per heavy atom. The quantitative estimate of drug-likeness (QED) is 0.864. The van der Waals surface area contributed by atoms with Crippen molar-refractivity contribution in [2.75, 3.05) is 36.5 Å². The van der Waals surface area contributed by atoms with Crippen molar-refractivity contribution >= 4 is 23.2 Å². The molecule has 1 aliphatic heterocycles. The number of nitrogens with two attached hydrogens (primary N) is 1. The fraction of sp³-hybridized carbons (Fsp3) is 0.500. The maximum atomic E-state index is 8.88. The zero-order chi connectivity index (χ0) is 18.7. The number of hydrogen-bond donors (Lipinski definition) is 1. The van der Waals surface area contributed by atoms with E-state index in [0.29, 0.717) is 23.0 Å². The van der Waals surface area contributed by atoms with Crippen LogP contribution in [0.2, 0.25) is 5.02 Å². The first-order valence-corrected chi connectivity index (χ1v) is 9.15. The lowest BCUT2D eigenvalue weighted by Crippen LogP contribution is -2.38. The minimum Gasteiger partial charge on any atom is -0.358 e. The van der Waals surface area contributed by atoms with Crippen LogP contribution in [-0.4, -0.2) is 41.4 Å². The number of pyridine rings is 1. The van der Waals surface area contributed by atoms with Gasteiger partial charge >= 0.3 is 0 Å². The molecule has 0 amide bonds. The van der Waals surface area contributed by atoms with Crippen LogP contribution in [0.4, 0.5) is 11.6 Å². The van der Waals surface area contributed by atoms with Crippen molar-refractivity contribution in [3.05, 3.63) is 34.6 Å². The van der Waals surface area contributed by atoms with E-state index >= 15 is 0 Å². The summed E-state index contributed by atoms with van der Waals surface area (Å²) >= 11 is 6.43. The van der Waals surface area contributed by atoms with Crippen molar-refractivity contribution in [1.29, 1.82) is 5.26 Å². The number of nitriles is 1. The van der Waals surface area contributed by atoms with Gasteiger partial charge in [0, 0.05) is 46.5 Å². The van der Waals surface area contributed by atoms with E-state index in [1.807, 2.05) is 19.2 Å². The molecular formula is C18H24ClN7. The van der Waals surface area contributed by atoms with Crippen molar-refractivity contribution < 1.29 is 0 Å². The Morgan fingerprint density at radius 2 is 2.12 bits per heavy atom. The first-order chi connectivity index (χ1) is 12.5. The number of anilines is 2. The minimum atomic E-state index is 0.344. The number of piperidine rings is 1. The molecule has 0 unspecified atom stereocenters. The average Bonchev–Trinajstić information content (AvgIpc) is 2.96. The van der Waals surface area contributed by atoms with Gasteiger partial charge in [0.1, 0.15) is 22.7 Å². The molecule has 0 bridgehead atoms. The van der Waals surface area contributed by atoms with Crippen molar-refractivity contribution in [3.8, 4) is 6.07 Å². The summed E-state index contributed by atoms with van der Waals surface area (Å²) < 4.78 is 1.81. The molecule has 0 saturated carbocycles. The Kier molecular flexibility index (Phi) is 5.64. The van der Waals surface area contributed by atoms with Crippen molar-refractivity contribution in [2.24, 2.45) is 18.7 Å². The highest BCUT2D eigenvalue weighted by Crippen LogP contribution is 2.30. The third-order valence-corrected chi connectivity index (χ3v) is 5.32. The van der Waals surface area contributed by atoms with Crippen LogP contribution < -0.4 is 15.5 Å². The fourth-order valence-electron chi connectivity index (χ4n) is 3.55. The van der Waals surface area contributed by atoms with Crippen LogP contribution in [0.15, 0.2) is 18.3 Å². The summed E-state index contributed by atoms with van der Waals surface area (Å²) in [4.78, 5) is 8.85. The van der Waals surface area contributed by atoms with Gasteiger partial charge in [0.15, 0.2) is 0 Å². The van der Waals surface area contributed by atoms with Gasteiger partial charge in [0.25, 0.3) is 0 Å². The molecular weight excluding hydrogens is 350 g/mol. The molecule has 0 spiro atoms. The van der Waals surface area contributed by atoms with E-state index in [9.17, 15) is 0 Å². The lowest BCUT2D eigenvalue weighted by molar-refractivity contribution is 0.405. The molecule has 2 aromatic heterocycles. The average molecular weight is 374 g/mol. The van der Waals surface area contributed by atoms with Gasteiger partial charge in [0.05, 0.1) is 11.3 Å². The Balaban J connectivity index is 1.58. The monoisotopic (exact) mass is 373 g/mol. The van der Waals surface area contributed by atoms with Gasteiger partial charge in [-0.25, -0.2) is 4.98 Å². The summed E-state index contributed by atoms with van der Waals surface area (Å²) in [7, 11) is 3.95. The molecule has 0 aromatic carbocycles. The number of rotatable bonds is 5. The molecule has 2 aromatic rings. The lowest BCUT2D eigenvalue weighted by atomic mass is 9.96. The van der Waals surface area contributed by atoms with Gasteiger partial charge in [0.2, 0.25) is 0 Å². The SMILES string of the molecule is CN(CC1CCN(c2ccc(C#N)cn2)CC1)c1c(Cl)c(CN)nn1C. The second kappa shape index (κ2) is 7.94.